The van der Waals surface area contributed by atoms with E-state index in [0.717, 1.165) is 6.42 Å². The summed E-state index contributed by atoms with van der Waals surface area (Å²) in [5.41, 5.74) is 25.3. The van der Waals surface area contributed by atoms with Crippen molar-refractivity contribution in [3.63, 3.8) is 0 Å². The molecule has 74 heavy (non-hydrogen) atoms. The van der Waals surface area contributed by atoms with Crippen molar-refractivity contribution in [1.29, 1.82) is 0 Å². The number of hydrogen-bond donors (Lipinski definition) is 0. The Morgan fingerprint density at radius 1 is 0.378 bits per heavy atom. The summed E-state index contributed by atoms with van der Waals surface area (Å²) >= 11 is 0. The first-order valence-corrected chi connectivity index (χ1v) is 27.3. The molecule has 372 valence electrons. The van der Waals surface area contributed by atoms with E-state index in [-0.39, 0.29) is 39.3 Å². The first kappa shape index (κ1) is 48.2. The highest BCUT2D eigenvalue weighted by Gasteiger charge is 2.63. The Labute approximate surface area is 443 Å². The summed E-state index contributed by atoms with van der Waals surface area (Å²) in [6.07, 6.45) is 2.29. The minimum atomic E-state index is -0.109. The fraction of sp³-hybridized carbons (Fsp3) is 0.314. The Morgan fingerprint density at radius 3 is 1.18 bits per heavy atom. The van der Waals surface area contributed by atoms with E-state index in [0.29, 0.717) is 0 Å². The molecule has 1 fully saturated rings. The molecule has 0 bridgehead atoms. The van der Waals surface area contributed by atoms with Crippen LogP contribution in [0.1, 0.15) is 138 Å². The zero-order chi connectivity index (χ0) is 52.1. The van der Waals surface area contributed by atoms with E-state index in [1.165, 1.54) is 118 Å². The van der Waals surface area contributed by atoms with Gasteiger partial charge in [0.25, 0.3) is 6.71 Å². The molecule has 1 saturated carbocycles. The van der Waals surface area contributed by atoms with Crippen LogP contribution >= 0.6 is 0 Å². The smallest absolute Gasteiger partial charge is 0.252 e. The molecule has 0 amide bonds. The molecule has 8 aromatic carbocycles. The van der Waals surface area contributed by atoms with Gasteiger partial charge in [-0.1, -0.05) is 205 Å². The van der Waals surface area contributed by atoms with Crippen molar-refractivity contribution < 1.29 is 0 Å². The quantitative estimate of drug-likeness (QED) is 0.159. The monoisotopic (exact) mass is 968 g/mol. The molecule has 2 unspecified atom stereocenters. The number of anilines is 8. The fourth-order valence-electron chi connectivity index (χ4n) is 13.1. The van der Waals surface area contributed by atoms with Gasteiger partial charge in [-0.05, 0) is 151 Å². The van der Waals surface area contributed by atoms with Crippen LogP contribution < -0.4 is 31.1 Å². The van der Waals surface area contributed by atoms with Gasteiger partial charge in [-0.15, -0.1) is 0 Å². The van der Waals surface area contributed by atoms with Crippen LogP contribution in [0, 0.1) is 0 Å². The van der Waals surface area contributed by atoms with Crippen molar-refractivity contribution in [2.24, 2.45) is 0 Å². The second kappa shape index (κ2) is 16.4. The van der Waals surface area contributed by atoms with Crippen LogP contribution in [0.4, 0.5) is 45.5 Å². The van der Waals surface area contributed by atoms with Crippen LogP contribution in [0.5, 0.6) is 0 Å². The summed E-state index contributed by atoms with van der Waals surface area (Å²) in [5.74, 6) is 0. The maximum Gasteiger partial charge on any atom is 0.252 e. The van der Waals surface area contributed by atoms with Crippen molar-refractivity contribution in [3.05, 3.63) is 198 Å². The first-order valence-electron chi connectivity index (χ1n) is 27.3. The van der Waals surface area contributed by atoms with Crippen molar-refractivity contribution in [2.45, 2.75) is 142 Å². The number of hydrogen-bond acceptors (Lipinski definition) is 3. The van der Waals surface area contributed by atoms with Crippen molar-refractivity contribution in [1.82, 2.24) is 0 Å². The van der Waals surface area contributed by atoms with Crippen LogP contribution in [-0.4, -0.2) is 12.3 Å². The van der Waals surface area contributed by atoms with Gasteiger partial charge in [0.05, 0.1) is 16.9 Å². The largest absolute Gasteiger partial charge is 0.334 e. The minimum Gasteiger partial charge on any atom is -0.334 e. The third-order valence-corrected chi connectivity index (χ3v) is 18.0. The zero-order valence-corrected chi connectivity index (χ0v) is 46.5. The maximum atomic E-state index is 2.76. The van der Waals surface area contributed by atoms with Crippen molar-refractivity contribution in [2.75, 3.05) is 14.7 Å². The molecule has 8 aromatic rings. The van der Waals surface area contributed by atoms with Gasteiger partial charge in [-0.3, -0.25) is 0 Å². The molecule has 0 saturated heterocycles. The Kier molecular flexibility index (Phi) is 10.7. The van der Waals surface area contributed by atoms with Gasteiger partial charge in [0.1, 0.15) is 0 Å². The van der Waals surface area contributed by atoms with Gasteiger partial charge in [0.15, 0.2) is 0 Å². The van der Waals surface area contributed by atoms with Crippen LogP contribution in [0.25, 0.3) is 22.3 Å². The van der Waals surface area contributed by atoms with E-state index in [1.54, 1.807) is 0 Å². The van der Waals surface area contributed by atoms with Gasteiger partial charge in [0.2, 0.25) is 0 Å². The van der Waals surface area contributed by atoms with E-state index >= 15 is 0 Å². The fourth-order valence-corrected chi connectivity index (χ4v) is 13.1. The van der Waals surface area contributed by atoms with Gasteiger partial charge >= 0.3 is 0 Å². The maximum absolute atomic E-state index is 2.76. The topological polar surface area (TPSA) is 9.72 Å². The van der Waals surface area contributed by atoms with Crippen molar-refractivity contribution >= 4 is 68.6 Å². The molecule has 0 aromatic heterocycles. The molecule has 12 rings (SSSR count). The highest BCUT2D eigenvalue weighted by molar-refractivity contribution is 7.00. The first-order chi connectivity index (χ1) is 35.0. The summed E-state index contributed by atoms with van der Waals surface area (Å²) in [7, 11) is 0. The SMILES string of the molecule is CC(C)(C)c1ccc2c(c1)B1c3cc(C(C)(C)C)ccc3N(c3ccc(C(C)(C)C)cc3-c3ccccc3)c3cc(N4c5ccccc5C5(C)CCC45C)cc(c31)N2c1ccc(C(C)(C)C)cc1-c1ccccc1. The van der Waals surface area contributed by atoms with E-state index in [2.05, 4.69) is 281 Å². The second-order valence-corrected chi connectivity index (χ2v) is 26.7. The normalized spacial score (nSPS) is 18.8. The van der Waals surface area contributed by atoms with Gasteiger partial charge < -0.3 is 14.7 Å². The third-order valence-electron chi connectivity index (χ3n) is 18.0. The second-order valence-electron chi connectivity index (χ2n) is 26.7. The summed E-state index contributed by atoms with van der Waals surface area (Å²) in [6, 6.07) is 66.3. The number of benzene rings is 8. The molecule has 4 aliphatic rings. The molecule has 1 aliphatic carbocycles. The predicted octanol–water partition coefficient (Wildman–Crippen LogP) is 17.3. The lowest BCUT2D eigenvalue weighted by Crippen LogP contribution is -2.62. The number of fused-ring (bicyclic) bond motifs is 7. The lowest BCUT2D eigenvalue weighted by Gasteiger charge is -2.56. The average molecular weight is 968 g/mol. The molecule has 3 aliphatic heterocycles. The third kappa shape index (κ3) is 7.28. The Morgan fingerprint density at radius 2 is 0.770 bits per heavy atom. The number of nitrogens with zero attached hydrogens (tertiary/aromatic N) is 3. The van der Waals surface area contributed by atoms with Crippen LogP contribution in [0.3, 0.4) is 0 Å². The van der Waals surface area contributed by atoms with Crippen LogP contribution in [-0.2, 0) is 27.1 Å². The van der Waals surface area contributed by atoms with Gasteiger partial charge in [-0.25, -0.2) is 0 Å². The van der Waals surface area contributed by atoms with E-state index < -0.39 is 0 Å². The molecule has 0 N–H and O–H groups in total. The number of para-hydroxylation sites is 1. The van der Waals surface area contributed by atoms with Gasteiger partial charge in [0, 0.05) is 50.7 Å². The molecular formula is C70H74BN3. The average Bonchev–Trinajstić information content (AvgIpc) is 3.50. The molecule has 0 radical (unpaired) electrons. The Hall–Kier alpha value is -6.78. The Balaban J connectivity index is 1.26. The summed E-state index contributed by atoms with van der Waals surface area (Å²) in [5, 5.41) is 0. The number of rotatable bonds is 5. The standard InChI is InChI=1S/C70H74BN3/c1-65(2,3)47-29-33-57(52(39-47)45-23-17-15-18-24-45)72-60-35-31-49(67(7,8)9)41-55(60)71-56-42-50(68(10,11)12)32-36-61(56)73(58-34-30-48(66(4,5)6)40-53(58)46-25-19-16-20-26-46)63-44-51(43-62(72)64(63)71)74-59-28-22-21-27-54(59)69(13)37-38-70(69,74)14/h15-36,39-44H,37-38H2,1-14H3. The van der Waals surface area contributed by atoms with E-state index in [4.69, 9.17) is 0 Å². The lowest BCUT2D eigenvalue weighted by atomic mass is 9.33. The molecule has 3 heterocycles. The lowest BCUT2D eigenvalue weighted by molar-refractivity contribution is 0.133. The highest BCUT2D eigenvalue weighted by atomic mass is 15.3. The van der Waals surface area contributed by atoms with Crippen LogP contribution in [0.15, 0.2) is 170 Å². The molecule has 2 atom stereocenters. The van der Waals surface area contributed by atoms with Gasteiger partial charge in [-0.2, -0.15) is 0 Å². The van der Waals surface area contributed by atoms with E-state index in [9.17, 15) is 0 Å². The molecule has 3 nitrogen and oxygen atoms in total. The Bertz CT molecular complexity index is 3350. The van der Waals surface area contributed by atoms with E-state index in [1.807, 2.05) is 0 Å². The predicted molar refractivity (Wildman–Crippen MR) is 320 cm³/mol. The summed E-state index contributed by atoms with van der Waals surface area (Å²) in [6.45, 7) is 33.2. The molecule has 4 heteroatoms. The summed E-state index contributed by atoms with van der Waals surface area (Å²) in [4.78, 5) is 8.11. The summed E-state index contributed by atoms with van der Waals surface area (Å²) < 4.78 is 0. The highest BCUT2D eigenvalue weighted by Crippen LogP contribution is 2.65. The zero-order valence-electron chi connectivity index (χ0n) is 46.5. The molecule has 0 spiro atoms. The molecular weight excluding hydrogens is 894 g/mol. The van der Waals surface area contributed by atoms with Crippen LogP contribution in [0.2, 0.25) is 0 Å². The van der Waals surface area contributed by atoms with Crippen molar-refractivity contribution in [3.8, 4) is 22.3 Å². The minimum absolute atomic E-state index is 0.0249.